The maximum atomic E-state index is 5.24. The Morgan fingerprint density at radius 1 is 1.31 bits per heavy atom. The summed E-state index contributed by atoms with van der Waals surface area (Å²) in [5.74, 6) is 1.12. The summed E-state index contributed by atoms with van der Waals surface area (Å²) in [6.07, 6.45) is 1.74. The number of nitrogens with zero attached hydrogens (tertiary/aromatic N) is 2. The van der Waals surface area contributed by atoms with Crippen LogP contribution >= 0.6 is 0 Å². The van der Waals surface area contributed by atoms with E-state index in [1.54, 1.807) is 0 Å². The molecule has 84 valence electrons. The molecule has 0 atom stereocenters. The Balaban J connectivity index is 1.97. The van der Waals surface area contributed by atoms with Crippen LogP contribution in [0.15, 0.2) is 29.3 Å². The molecule has 0 unspecified atom stereocenters. The van der Waals surface area contributed by atoms with Gasteiger partial charge in [0.05, 0.1) is 11.0 Å². The molecule has 5 nitrogen and oxygen atoms in total. The van der Waals surface area contributed by atoms with Crippen LogP contribution < -0.4 is 11.5 Å². The van der Waals surface area contributed by atoms with Gasteiger partial charge in [0.25, 0.3) is 0 Å². The number of para-hydroxylation sites is 2. The van der Waals surface area contributed by atoms with Gasteiger partial charge in [-0.3, -0.25) is 4.99 Å². The van der Waals surface area contributed by atoms with Gasteiger partial charge in [0.1, 0.15) is 5.82 Å². The zero-order valence-electron chi connectivity index (χ0n) is 8.98. The standard InChI is InChI=1S/C11H15N5/c12-11(13)14-7-3-6-10-15-8-4-1-2-5-9(8)16-10/h1-2,4-5H,3,6-7H2,(H,15,16)(H4,12,13,14). The molecule has 0 radical (unpaired) electrons. The highest BCUT2D eigenvalue weighted by Gasteiger charge is 2.00. The minimum absolute atomic E-state index is 0.143. The lowest BCUT2D eigenvalue weighted by Crippen LogP contribution is -2.23. The molecular weight excluding hydrogens is 202 g/mol. The van der Waals surface area contributed by atoms with E-state index < -0.39 is 0 Å². The molecule has 0 bridgehead atoms. The van der Waals surface area contributed by atoms with Crippen LogP contribution in [0.1, 0.15) is 12.2 Å². The first-order valence-corrected chi connectivity index (χ1v) is 5.25. The molecule has 0 aliphatic carbocycles. The van der Waals surface area contributed by atoms with Crippen molar-refractivity contribution in [3.8, 4) is 0 Å². The maximum Gasteiger partial charge on any atom is 0.185 e. The van der Waals surface area contributed by atoms with Crippen molar-refractivity contribution in [2.24, 2.45) is 16.5 Å². The molecule has 0 saturated heterocycles. The fourth-order valence-corrected chi connectivity index (χ4v) is 1.58. The molecule has 0 aliphatic rings. The van der Waals surface area contributed by atoms with Gasteiger partial charge in [-0.05, 0) is 18.6 Å². The lowest BCUT2D eigenvalue weighted by atomic mass is 10.3. The summed E-state index contributed by atoms with van der Waals surface area (Å²) in [6, 6.07) is 7.98. The highest BCUT2D eigenvalue weighted by Crippen LogP contribution is 2.11. The van der Waals surface area contributed by atoms with Gasteiger partial charge >= 0.3 is 0 Å². The summed E-state index contributed by atoms with van der Waals surface area (Å²) in [4.78, 5) is 11.6. The van der Waals surface area contributed by atoms with Crippen molar-refractivity contribution in [2.45, 2.75) is 12.8 Å². The van der Waals surface area contributed by atoms with Gasteiger partial charge in [-0.1, -0.05) is 12.1 Å². The van der Waals surface area contributed by atoms with Gasteiger partial charge in [0, 0.05) is 13.0 Å². The minimum Gasteiger partial charge on any atom is -0.370 e. The number of aliphatic imine (C=N–C) groups is 1. The van der Waals surface area contributed by atoms with E-state index in [0.29, 0.717) is 6.54 Å². The summed E-state index contributed by atoms with van der Waals surface area (Å²) in [6.45, 7) is 0.638. The smallest absolute Gasteiger partial charge is 0.185 e. The number of imidazole rings is 1. The van der Waals surface area contributed by atoms with E-state index in [0.717, 1.165) is 29.7 Å². The lowest BCUT2D eigenvalue weighted by Gasteiger charge is -1.94. The van der Waals surface area contributed by atoms with Crippen LogP contribution in [0.25, 0.3) is 11.0 Å². The van der Waals surface area contributed by atoms with E-state index in [9.17, 15) is 0 Å². The van der Waals surface area contributed by atoms with E-state index in [1.165, 1.54) is 0 Å². The average Bonchev–Trinajstić information content (AvgIpc) is 2.66. The van der Waals surface area contributed by atoms with Crippen molar-refractivity contribution in [3.05, 3.63) is 30.1 Å². The minimum atomic E-state index is 0.143. The SMILES string of the molecule is NC(N)=NCCCc1nc2ccccc2[nH]1. The van der Waals surface area contributed by atoms with Crippen LogP contribution in [0.4, 0.5) is 0 Å². The van der Waals surface area contributed by atoms with Gasteiger partial charge in [-0.25, -0.2) is 4.98 Å². The zero-order valence-corrected chi connectivity index (χ0v) is 8.98. The number of aromatic nitrogens is 2. The van der Waals surface area contributed by atoms with Gasteiger partial charge in [-0.15, -0.1) is 0 Å². The number of rotatable bonds is 4. The zero-order chi connectivity index (χ0) is 11.4. The van der Waals surface area contributed by atoms with Crippen LogP contribution in [-0.4, -0.2) is 22.5 Å². The van der Waals surface area contributed by atoms with Crippen molar-refractivity contribution in [3.63, 3.8) is 0 Å². The lowest BCUT2D eigenvalue weighted by molar-refractivity contribution is 0.796. The second-order valence-electron chi connectivity index (χ2n) is 3.61. The Labute approximate surface area is 93.6 Å². The Morgan fingerprint density at radius 2 is 2.12 bits per heavy atom. The normalized spacial score (nSPS) is 10.5. The first-order chi connectivity index (χ1) is 7.75. The molecule has 0 aliphatic heterocycles. The first kappa shape index (κ1) is 10.5. The summed E-state index contributed by atoms with van der Waals surface area (Å²) in [7, 11) is 0. The predicted octanol–water partition coefficient (Wildman–Crippen LogP) is 0.769. The molecule has 2 rings (SSSR count). The second-order valence-corrected chi connectivity index (χ2v) is 3.61. The number of aryl methyl sites for hydroxylation is 1. The van der Waals surface area contributed by atoms with E-state index in [2.05, 4.69) is 15.0 Å². The van der Waals surface area contributed by atoms with Gasteiger partial charge in [0.15, 0.2) is 5.96 Å². The number of hydrogen-bond acceptors (Lipinski definition) is 2. The van der Waals surface area contributed by atoms with Gasteiger partial charge in [0.2, 0.25) is 0 Å². The van der Waals surface area contributed by atoms with Crippen molar-refractivity contribution in [1.29, 1.82) is 0 Å². The van der Waals surface area contributed by atoms with E-state index in [4.69, 9.17) is 11.5 Å². The summed E-state index contributed by atoms with van der Waals surface area (Å²) >= 11 is 0. The molecule has 16 heavy (non-hydrogen) atoms. The third-order valence-corrected chi connectivity index (χ3v) is 2.30. The summed E-state index contributed by atoms with van der Waals surface area (Å²) < 4.78 is 0. The monoisotopic (exact) mass is 217 g/mol. The molecular formula is C11H15N5. The number of aromatic amines is 1. The van der Waals surface area contributed by atoms with E-state index >= 15 is 0 Å². The molecule has 0 spiro atoms. The van der Waals surface area contributed by atoms with Crippen LogP contribution in [0, 0.1) is 0 Å². The quantitative estimate of drug-likeness (QED) is 0.401. The highest BCUT2D eigenvalue weighted by atomic mass is 15.0. The largest absolute Gasteiger partial charge is 0.370 e. The molecule has 1 aromatic heterocycles. The maximum absolute atomic E-state index is 5.24. The van der Waals surface area contributed by atoms with Gasteiger partial charge in [-0.2, -0.15) is 0 Å². The highest BCUT2D eigenvalue weighted by molar-refractivity contribution is 5.75. The summed E-state index contributed by atoms with van der Waals surface area (Å²) in [5.41, 5.74) is 12.5. The molecule has 0 fully saturated rings. The molecule has 0 saturated carbocycles. The molecule has 2 aromatic rings. The average molecular weight is 217 g/mol. The molecule has 5 N–H and O–H groups in total. The van der Waals surface area contributed by atoms with E-state index in [-0.39, 0.29) is 5.96 Å². The molecule has 1 aromatic carbocycles. The van der Waals surface area contributed by atoms with Crippen molar-refractivity contribution < 1.29 is 0 Å². The molecule has 1 heterocycles. The third kappa shape index (κ3) is 2.50. The Hall–Kier alpha value is -2.04. The first-order valence-electron chi connectivity index (χ1n) is 5.25. The Morgan fingerprint density at radius 3 is 2.88 bits per heavy atom. The van der Waals surface area contributed by atoms with Crippen molar-refractivity contribution >= 4 is 17.0 Å². The number of fused-ring (bicyclic) bond motifs is 1. The van der Waals surface area contributed by atoms with Crippen LogP contribution in [0.5, 0.6) is 0 Å². The predicted molar refractivity (Wildman–Crippen MR) is 65.1 cm³/mol. The van der Waals surface area contributed by atoms with E-state index in [1.807, 2.05) is 24.3 Å². The number of H-pyrrole nitrogens is 1. The topological polar surface area (TPSA) is 93.1 Å². The number of hydrogen-bond donors (Lipinski definition) is 3. The number of guanidine groups is 1. The van der Waals surface area contributed by atoms with Crippen LogP contribution in [-0.2, 0) is 6.42 Å². The molecule has 0 amide bonds. The second kappa shape index (κ2) is 4.65. The third-order valence-electron chi connectivity index (χ3n) is 2.30. The van der Waals surface area contributed by atoms with Crippen molar-refractivity contribution in [2.75, 3.05) is 6.54 Å². The summed E-state index contributed by atoms with van der Waals surface area (Å²) in [5, 5.41) is 0. The van der Waals surface area contributed by atoms with Crippen molar-refractivity contribution in [1.82, 2.24) is 9.97 Å². The fourth-order valence-electron chi connectivity index (χ4n) is 1.58. The van der Waals surface area contributed by atoms with Gasteiger partial charge < -0.3 is 16.5 Å². The number of nitrogens with one attached hydrogen (secondary N) is 1. The number of benzene rings is 1. The number of nitrogens with two attached hydrogens (primary N) is 2. The Bertz CT molecular complexity index is 463. The Kier molecular flexibility index (Phi) is 3.05. The van der Waals surface area contributed by atoms with Crippen LogP contribution in [0.2, 0.25) is 0 Å². The fraction of sp³-hybridized carbons (Fsp3) is 0.273. The molecule has 5 heteroatoms. The van der Waals surface area contributed by atoms with Crippen LogP contribution in [0.3, 0.4) is 0 Å².